The molecule has 5 nitrogen and oxygen atoms in total. The number of rotatable bonds is 8. The van der Waals surface area contributed by atoms with Gasteiger partial charge in [0.1, 0.15) is 0 Å². The van der Waals surface area contributed by atoms with Crippen molar-refractivity contribution in [2.45, 2.75) is 37.6 Å². The molecule has 0 aliphatic carbocycles. The monoisotopic (exact) mass is 360 g/mol. The highest BCUT2D eigenvalue weighted by molar-refractivity contribution is 7.89. The predicted octanol–water partition coefficient (Wildman–Crippen LogP) is 2.79. The number of carbonyl (C=O) groups excluding carboxylic acids is 1. The molecular weight excluding hydrogens is 336 g/mol. The minimum Gasteiger partial charge on any atom is -0.350 e. The van der Waals surface area contributed by atoms with Crippen LogP contribution in [0.5, 0.6) is 0 Å². The lowest BCUT2D eigenvalue weighted by Gasteiger charge is -2.14. The van der Waals surface area contributed by atoms with Gasteiger partial charge in [0, 0.05) is 13.0 Å². The van der Waals surface area contributed by atoms with Crippen molar-refractivity contribution in [2.24, 2.45) is 0 Å². The van der Waals surface area contributed by atoms with Gasteiger partial charge in [-0.05, 0) is 36.6 Å². The smallest absolute Gasteiger partial charge is 0.240 e. The lowest BCUT2D eigenvalue weighted by molar-refractivity contribution is -0.121. The maximum Gasteiger partial charge on any atom is 0.240 e. The molecular formula is C19H24N2O3S. The summed E-state index contributed by atoms with van der Waals surface area (Å²) in [5, 5.41) is 2.97. The number of sulfonamides is 1. The summed E-state index contributed by atoms with van der Waals surface area (Å²) < 4.78 is 26.2. The molecule has 0 saturated carbocycles. The summed E-state index contributed by atoms with van der Waals surface area (Å²) in [4.78, 5) is 12.3. The molecule has 1 atom stereocenters. The van der Waals surface area contributed by atoms with Crippen molar-refractivity contribution in [3.63, 3.8) is 0 Å². The zero-order chi connectivity index (χ0) is 18.3. The molecule has 0 saturated heterocycles. The average molecular weight is 360 g/mol. The van der Waals surface area contributed by atoms with Crippen LogP contribution in [0.3, 0.4) is 0 Å². The van der Waals surface area contributed by atoms with Crippen LogP contribution in [0.2, 0.25) is 0 Å². The van der Waals surface area contributed by atoms with Crippen LogP contribution < -0.4 is 10.0 Å². The Hall–Kier alpha value is -2.18. The topological polar surface area (TPSA) is 75.3 Å². The lowest BCUT2D eigenvalue weighted by atomic mass is 10.1. The van der Waals surface area contributed by atoms with E-state index in [-0.39, 0.29) is 16.8 Å². The third kappa shape index (κ3) is 5.69. The molecule has 1 amide bonds. The lowest BCUT2D eigenvalue weighted by Crippen LogP contribution is -2.26. The van der Waals surface area contributed by atoms with Crippen LogP contribution in [-0.4, -0.2) is 20.9 Å². The second-order valence-electron chi connectivity index (χ2n) is 5.85. The summed E-state index contributed by atoms with van der Waals surface area (Å²) in [5.41, 5.74) is 1.99. The third-order valence-corrected chi connectivity index (χ3v) is 5.45. The molecule has 0 bridgehead atoms. The van der Waals surface area contributed by atoms with Gasteiger partial charge in [0.25, 0.3) is 0 Å². The fraction of sp³-hybridized carbons (Fsp3) is 0.316. The average Bonchev–Trinajstić information content (AvgIpc) is 2.61. The molecule has 2 aromatic carbocycles. The van der Waals surface area contributed by atoms with E-state index in [1.54, 1.807) is 31.2 Å². The van der Waals surface area contributed by atoms with Gasteiger partial charge in [-0.2, -0.15) is 0 Å². The van der Waals surface area contributed by atoms with E-state index in [1.165, 1.54) is 0 Å². The van der Waals surface area contributed by atoms with Crippen LogP contribution in [-0.2, 0) is 21.2 Å². The number of amides is 1. The van der Waals surface area contributed by atoms with Crippen molar-refractivity contribution in [1.82, 2.24) is 10.0 Å². The van der Waals surface area contributed by atoms with Gasteiger partial charge >= 0.3 is 0 Å². The third-order valence-electron chi connectivity index (χ3n) is 3.89. The molecule has 134 valence electrons. The highest BCUT2D eigenvalue weighted by Gasteiger charge is 2.13. The molecule has 6 heteroatoms. The van der Waals surface area contributed by atoms with Crippen molar-refractivity contribution in [3.8, 4) is 0 Å². The van der Waals surface area contributed by atoms with E-state index in [1.807, 2.05) is 37.3 Å². The summed E-state index contributed by atoms with van der Waals surface area (Å²) in [7, 11) is -3.43. The van der Waals surface area contributed by atoms with Crippen molar-refractivity contribution in [3.05, 3.63) is 65.7 Å². The van der Waals surface area contributed by atoms with Gasteiger partial charge in [-0.1, -0.05) is 49.4 Å². The van der Waals surface area contributed by atoms with E-state index in [9.17, 15) is 13.2 Å². The van der Waals surface area contributed by atoms with Gasteiger partial charge < -0.3 is 5.32 Å². The predicted molar refractivity (Wildman–Crippen MR) is 98.6 cm³/mol. The molecule has 0 radical (unpaired) electrons. The first-order valence-corrected chi connectivity index (χ1v) is 9.83. The molecule has 0 fully saturated rings. The first kappa shape index (κ1) is 19.1. The highest BCUT2D eigenvalue weighted by atomic mass is 32.2. The van der Waals surface area contributed by atoms with Gasteiger partial charge in [-0.25, -0.2) is 13.1 Å². The highest BCUT2D eigenvalue weighted by Crippen LogP contribution is 2.13. The Bertz CT molecular complexity index is 787. The summed E-state index contributed by atoms with van der Waals surface area (Å²) in [6.45, 7) is 4.04. The number of hydrogen-bond acceptors (Lipinski definition) is 3. The molecule has 0 unspecified atom stereocenters. The molecule has 2 rings (SSSR count). The van der Waals surface area contributed by atoms with Gasteiger partial charge in [0.2, 0.25) is 15.9 Å². The van der Waals surface area contributed by atoms with E-state index in [0.717, 1.165) is 11.1 Å². The fourth-order valence-electron chi connectivity index (χ4n) is 2.51. The standard InChI is InChI=1S/C19H24N2O3S/c1-3-20-25(23,24)18-12-9-16(10-13-18)11-14-19(22)21-15(2)17-7-5-4-6-8-17/h4-10,12-13,15,20H,3,11,14H2,1-2H3,(H,21,22)/t15-/m0/s1. The molecule has 25 heavy (non-hydrogen) atoms. The molecule has 2 aromatic rings. The van der Waals surface area contributed by atoms with Crippen molar-refractivity contribution < 1.29 is 13.2 Å². The molecule has 0 aromatic heterocycles. The first-order chi connectivity index (χ1) is 11.9. The maximum absolute atomic E-state index is 12.1. The zero-order valence-electron chi connectivity index (χ0n) is 14.5. The number of hydrogen-bond donors (Lipinski definition) is 2. The van der Waals surface area contributed by atoms with Crippen LogP contribution in [0.15, 0.2) is 59.5 Å². The van der Waals surface area contributed by atoms with Crippen LogP contribution in [0, 0.1) is 0 Å². The van der Waals surface area contributed by atoms with Gasteiger partial charge in [-0.15, -0.1) is 0 Å². The molecule has 0 heterocycles. The van der Waals surface area contributed by atoms with Gasteiger partial charge in [-0.3, -0.25) is 4.79 Å². The van der Waals surface area contributed by atoms with Crippen LogP contribution in [0.4, 0.5) is 0 Å². The van der Waals surface area contributed by atoms with E-state index in [0.29, 0.717) is 19.4 Å². The molecule has 0 spiro atoms. The number of aryl methyl sites for hydroxylation is 1. The second kappa shape index (κ2) is 8.78. The minimum atomic E-state index is -3.43. The maximum atomic E-state index is 12.1. The van der Waals surface area contributed by atoms with Crippen LogP contribution >= 0.6 is 0 Å². The number of nitrogens with one attached hydrogen (secondary N) is 2. The van der Waals surface area contributed by atoms with Crippen LogP contribution in [0.1, 0.15) is 37.4 Å². The quantitative estimate of drug-likeness (QED) is 0.760. The zero-order valence-corrected chi connectivity index (χ0v) is 15.3. The second-order valence-corrected chi connectivity index (χ2v) is 7.61. The number of benzene rings is 2. The Kier molecular flexibility index (Phi) is 6.73. The van der Waals surface area contributed by atoms with Gasteiger partial charge in [0.05, 0.1) is 10.9 Å². The van der Waals surface area contributed by atoms with E-state index in [2.05, 4.69) is 10.0 Å². The van der Waals surface area contributed by atoms with Crippen LogP contribution in [0.25, 0.3) is 0 Å². The van der Waals surface area contributed by atoms with Gasteiger partial charge in [0.15, 0.2) is 0 Å². The Morgan fingerprint density at radius 1 is 1.04 bits per heavy atom. The normalized spacial score (nSPS) is 12.6. The Morgan fingerprint density at radius 3 is 2.28 bits per heavy atom. The van der Waals surface area contributed by atoms with E-state index in [4.69, 9.17) is 0 Å². The summed E-state index contributed by atoms with van der Waals surface area (Å²) in [6, 6.07) is 16.4. The Balaban J connectivity index is 1.88. The molecule has 0 aliphatic rings. The summed E-state index contributed by atoms with van der Waals surface area (Å²) >= 11 is 0. The van der Waals surface area contributed by atoms with E-state index >= 15 is 0 Å². The number of carbonyl (C=O) groups is 1. The molecule has 2 N–H and O–H groups in total. The van der Waals surface area contributed by atoms with Crippen molar-refractivity contribution in [1.29, 1.82) is 0 Å². The largest absolute Gasteiger partial charge is 0.350 e. The molecule has 0 aliphatic heterocycles. The summed E-state index contributed by atoms with van der Waals surface area (Å²) in [6.07, 6.45) is 0.922. The van der Waals surface area contributed by atoms with Crippen molar-refractivity contribution in [2.75, 3.05) is 6.54 Å². The SMILES string of the molecule is CCNS(=O)(=O)c1ccc(CCC(=O)N[C@@H](C)c2ccccc2)cc1. The summed E-state index contributed by atoms with van der Waals surface area (Å²) in [5.74, 6) is -0.0271. The van der Waals surface area contributed by atoms with E-state index < -0.39 is 10.0 Å². The Labute approximate surface area is 149 Å². The Morgan fingerprint density at radius 2 is 1.68 bits per heavy atom. The first-order valence-electron chi connectivity index (χ1n) is 8.35. The van der Waals surface area contributed by atoms with Crippen molar-refractivity contribution >= 4 is 15.9 Å². The fourth-order valence-corrected chi connectivity index (χ4v) is 3.55. The minimum absolute atomic E-state index is 0.0271.